The van der Waals surface area contributed by atoms with Crippen molar-refractivity contribution in [3.63, 3.8) is 0 Å². The number of carbonyl (C=O) groups is 1. The molecule has 1 aromatic carbocycles. The molecule has 0 bridgehead atoms. The fraction of sp³-hybridized carbons (Fsp3) is 0.222. The van der Waals surface area contributed by atoms with E-state index in [2.05, 4.69) is 26.6 Å². The van der Waals surface area contributed by atoms with E-state index in [-0.39, 0.29) is 11.8 Å². The van der Waals surface area contributed by atoms with Gasteiger partial charge in [0.05, 0.1) is 11.6 Å². The Bertz CT molecular complexity index is 918. The Morgan fingerprint density at radius 1 is 1.36 bits per heavy atom. The minimum Gasteiger partial charge on any atom is -0.296 e. The van der Waals surface area contributed by atoms with E-state index >= 15 is 0 Å². The van der Waals surface area contributed by atoms with Gasteiger partial charge in [-0.1, -0.05) is 26.0 Å². The van der Waals surface area contributed by atoms with Crippen molar-refractivity contribution in [2.24, 2.45) is 0 Å². The standard InChI is InChI=1S/C18H17N5OS/c1-11(2)15-8-16(23-22-15)17(24)21-18-20-10-14(25-18)7-12-3-5-13(9-19)6-4-12/h3-6,8,10-11H,7H2,1-2H3,(H,22,23)(H,20,21,24). The number of nitriles is 1. The number of hydrogen-bond donors (Lipinski definition) is 2. The van der Waals surface area contributed by atoms with Crippen molar-refractivity contribution in [3.05, 3.63) is 63.9 Å². The van der Waals surface area contributed by atoms with Crippen molar-refractivity contribution >= 4 is 22.4 Å². The number of aromatic nitrogens is 3. The molecule has 0 saturated heterocycles. The quantitative estimate of drug-likeness (QED) is 0.732. The van der Waals surface area contributed by atoms with Crippen molar-refractivity contribution in [1.29, 1.82) is 5.26 Å². The van der Waals surface area contributed by atoms with Crippen LogP contribution in [-0.2, 0) is 6.42 Å². The Kier molecular flexibility index (Phi) is 4.91. The highest BCUT2D eigenvalue weighted by atomic mass is 32.1. The number of H-pyrrole nitrogens is 1. The molecular formula is C18H17N5OS. The number of nitrogens with zero attached hydrogens (tertiary/aromatic N) is 3. The summed E-state index contributed by atoms with van der Waals surface area (Å²) in [5.41, 5.74) is 3.01. The first-order valence-corrected chi connectivity index (χ1v) is 8.67. The third-order valence-corrected chi connectivity index (χ3v) is 4.60. The monoisotopic (exact) mass is 351 g/mol. The summed E-state index contributed by atoms with van der Waals surface area (Å²) >= 11 is 1.43. The minimum atomic E-state index is -0.276. The number of hydrogen-bond acceptors (Lipinski definition) is 5. The molecule has 6 nitrogen and oxygen atoms in total. The van der Waals surface area contributed by atoms with Crippen molar-refractivity contribution < 1.29 is 4.79 Å². The average Bonchev–Trinajstić information content (AvgIpc) is 3.25. The zero-order valence-corrected chi connectivity index (χ0v) is 14.7. The number of benzene rings is 1. The molecule has 0 saturated carbocycles. The van der Waals surface area contributed by atoms with E-state index in [4.69, 9.17) is 5.26 Å². The lowest BCUT2D eigenvalue weighted by Gasteiger charge is -1.99. The van der Waals surface area contributed by atoms with Gasteiger partial charge in [0, 0.05) is 23.2 Å². The van der Waals surface area contributed by atoms with Gasteiger partial charge >= 0.3 is 0 Å². The molecule has 2 heterocycles. The van der Waals surface area contributed by atoms with Crippen LogP contribution in [0.5, 0.6) is 0 Å². The molecule has 25 heavy (non-hydrogen) atoms. The third-order valence-electron chi connectivity index (χ3n) is 3.69. The lowest BCUT2D eigenvalue weighted by Crippen LogP contribution is -2.11. The summed E-state index contributed by atoms with van der Waals surface area (Å²) in [6.45, 7) is 4.07. The number of aromatic amines is 1. The Morgan fingerprint density at radius 2 is 2.12 bits per heavy atom. The molecule has 0 unspecified atom stereocenters. The molecule has 0 fully saturated rings. The largest absolute Gasteiger partial charge is 0.296 e. The van der Waals surface area contributed by atoms with Gasteiger partial charge in [0.15, 0.2) is 10.8 Å². The fourth-order valence-corrected chi connectivity index (χ4v) is 3.10. The SMILES string of the molecule is CC(C)c1cc(C(=O)Nc2ncc(Cc3ccc(C#N)cc3)s2)n[nH]1. The molecule has 0 aliphatic rings. The molecule has 2 N–H and O–H groups in total. The van der Waals surface area contributed by atoms with Crippen LogP contribution in [0.1, 0.15) is 52.0 Å². The smallest absolute Gasteiger partial charge is 0.277 e. The molecule has 0 radical (unpaired) electrons. The molecule has 7 heteroatoms. The molecule has 3 aromatic rings. The van der Waals surface area contributed by atoms with Gasteiger partial charge in [-0.2, -0.15) is 10.4 Å². The van der Waals surface area contributed by atoms with Crippen molar-refractivity contribution in [2.75, 3.05) is 5.32 Å². The average molecular weight is 351 g/mol. The van der Waals surface area contributed by atoms with Gasteiger partial charge in [-0.25, -0.2) is 4.98 Å². The van der Waals surface area contributed by atoms with E-state index in [1.807, 2.05) is 26.0 Å². The second-order valence-electron chi connectivity index (χ2n) is 5.93. The molecule has 2 aromatic heterocycles. The van der Waals surface area contributed by atoms with Crippen LogP contribution in [0, 0.1) is 11.3 Å². The summed E-state index contributed by atoms with van der Waals surface area (Å²) in [7, 11) is 0. The Labute approximate surface area is 149 Å². The summed E-state index contributed by atoms with van der Waals surface area (Å²) in [5.74, 6) is 0.00959. The number of rotatable bonds is 5. The molecule has 0 aliphatic heterocycles. The minimum absolute atomic E-state index is 0.276. The maximum atomic E-state index is 12.2. The van der Waals surface area contributed by atoms with E-state index in [1.54, 1.807) is 24.4 Å². The Balaban J connectivity index is 1.64. The highest BCUT2D eigenvalue weighted by molar-refractivity contribution is 7.15. The van der Waals surface area contributed by atoms with E-state index < -0.39 is 0 Å². The highest BCUT2D eigenvalue weighted by Crippen LogP contribution is 2.22. The molecular weight excluding hydrogens is 334 g/mol. The number of carbonyl (C=O) groups excluding carboxylic acids is 1. The highest BCUT2D eigenvalue weighted by Gasteiger charge is 2.14. The predicted molar refractivity (Wildman–Crippen MR) is 96.7 cm³/mol. The predicted octanol–water partition coefficient (Wildman–Crippen LogP) is 3.70. The zero-order valence-electron chi connectivity index (χ0n) is 13.9. The molecule has 0 aliphatic carbocycles. The summed E-state index contributed by atoms with van der Waals surface area (Å²) < 4.78 is 0. The van der Waals surface area contributed by atoms with E-state index in [9.17, 15) is 4.79 Å². The van der Waals surface area contributed by atoms with Crippen molar-refractivity contribution in [3.8, 4) is 6.07 Å². The molecule has 0 atom stereocenters. The lowest BCUT2D eigenvalue weighted by atomic mass is 10.1. The van der Waals surface area contributed by atoms with Crippen LogP contribution in [0.3, 0.4) is 0 Å². The van der Waals surface area contributed by atoms with Crippen LogP contribution in [0.25, 0.3) is 0 Å². The van der Waals surface area contributed by atoms with Crippen LogP contribution in [-0.4, -0.2) is 21.1 Å². The van der Waals surface area contributed by atoms with Crippen LogP contribution >= 0.6 is 11.3 Å². The Morgan fingerprint density at radius 3 is 2.76 bits per heavy atom. The first-order valence-electron chi connectivity index (χ1n) is 7.85. The zero-order chi connectivity index (χ0) is 17.8. The summed E-state index contributed by atoms with van der Waals surface area (Å²) in [5, 5.41) is 19.1. The third kappa shape index (κ3) is 4.11. The van der Waals surface area contributed by atoms with Gasteiger partial charge in [0.25, 0.3) is 5.91 Å². The van der Waals surface area contributed by atoms with E-state index in [1.165, 1.54) is 11.3 Å². The normalized spacial score (nSPS) is 10.6. The first-order chi connectivity index (χ1) is 12.0. The summed E-state index contributed by atoms with van der Waals surface area (Å²) in [6, 6.07) is 11.3. The van der Waals surface area contributed by atoms with Crippen LogP contribution < -0.4 is 5.32 Å². The van der Waals surface area contributed by atoms with Crippen LogP contribution in [0.4, 0.5) is 5.13 Å². The number of amides is 1. The van der Waals surface area contributed by atoms with E-state index in [0.717, 1.165) is 16.1 Å². The second-order valence-corrected chi connectivity index (χ2v) is 7.05. The topological polar surface area (TPSA) is 94.5 Å². The number of nitrogens with one attached hydrogen (secondary N) is 2. The maximum Gasteiger partial charge on any atom is 0.277 e. The van der Waals surface area contributed by atoms with Crippen molar-refractivity contribution in [2.45, 2.75) is 26.2 Å². The fourth-order valence-electron chi connectivity index (χ4n) is 2.26. The maximum absolute atomic E-state index is 12.2. The lowest BCUT2D eigenvalue weighted by molar-refractivity contribution is 0.102. The first kappa shape index (κ1) is 16.9. The number of thiazole rings is 1. The molecule has 1 amide bonds. The Hall–Kier alpha value is -2.98. The van der Waals surface area contributed by atoms with Crippen LogP contribution in [0.15, 0.2) is 36.5 Å². The van der Waals surface area contributed by atoms with Gasteiger partial charge in [0.2, 0.25) is 0 Å². The van der Waals surface area contributed by atoms with Gasteiger partial charge in [-0.15, -0.1) is 11.3 Å². The van der Waals surface area contributed by atoms with Crippen LogP contribution in [0.2, 0.25) is 0 Å². The van der Waals surface area contributed by atoms with Gasteiger partial charge < -0.3 is 0 Å². The van der Waals surface area contributed by atoms with Gasteiger partial charge in [0.1, 0.15) is 0 Å². The van der Waals surface area contributed by atoms with Crippen molar-refractivity contribution in [1.82, 2.24) is 15.2 Å². The summed E-state index contributed by atoms with van der Waals surface area (Å²) in [4.78, 5) is 17.5. The second kappa shape index (κ2) is 7.28. The van der Waals surface area contributed by atoms with Gasteiger partial charge in [-0.3, -0.25) is 15.2 Å². The molecule has 3 rings (SSSR count). The molecule has 0 spiro atoms. The van der Waals surface area contributed by atoms with E-state index in [0.29, 0.717) is 22.8 Å². The summed E-state index contributed by atoms with van der Waals surface area (Å²) in [6.07, 6.45) is 2.46. The molecule has 126 valence electrons. The number of anilines is 1. The van der Waals surface area contributed by atoms with Gasteiger partial charge in [-0.05, 0) is 29.7 Å².